The zero-order chi connectivity index (χ0) is 15.5. The Hall–Kier alpha value is -1.17. The summed E-state index contributed by atoms with van der Waals surface area (Å²) in [5.74, 6) is 1.31. The molecule has 1 unspecified atom stereocenters. The van der Waals surface area contributed by atoms with E-state index in [4.69, 9.17) is 26.8 Å². The van der Waals surface area contributed by atoms with Crippen molar-refractivity contribution in [1.29, 1.82) is 0 Å². The quantitative estimate of drug-likeness (QED) is 0.864. The summed E-state index contributed by atoms with van der Waals surface area (Å²) in [6.45, 7) is 0.586. The summed E-state index contributed by atoms with van der Waals surface area (Å²) in [6, 6.07) is 3.29. The second kappa shape index (κ2) is 8.08. The Morgan fingerprint density at radius 2 is 2.04 bits per heavy atom. The molecule has 0 saturated heterocycles. The molecule has 0 spiro atoms. The Bertz CT molecular complexity index is 563. The number of halogens is 2. The molecule has 1 amide bonds. The van der Waals surface area contributed by atoms with Crippen LogP contribution in [0.4, 0.5) is 0 Å². The number of nitrogens with one attached hydrogen (secondary N) is 1. The van der Waals surface area contributed by atoms with Gasteiger partial charge in [-0.05, 0) is 30.9 Å². The molecule has 1 aliphatic carbocycles. The maximum absolute atomic E-state index is 12.5. The first-order valence-electron chi connectivity index (χ1n) is 7.79. The first-order valence-corrected chi connectivity index (χ1v) is 8.17. The molecule has 3 rings (SSSR count). The van der Waals surface area contributed by atoms with Gasteiger partial charge in [-0.3, -0.25) is 4.79 Å². The zero-order valence-electron chi connectivity index (χ0n) is 12.8. The van der Waals surface area contributed by atoms with Gasteiger partial charge in [-0.15, -0.1) is 12.4 Å². The van der Waals surface area contributed by atoms with Crippen LogP contribution >= 0.6 is 24.0 Å². The van der Waals surface area contributed by atoms with Gasteiger partial charge < -0.3 is 20.5 Å². The molecule has 1 aromatic rings. The number of carbonyl (C=O) groups is 1. The van der Waals surface area contributed by atoms with E-state index in [1.807, 2.05) is 0 Å². The topological polar surface area (TPSA) is 73.6 Å². The minimum atomic E-state index is -0.166. The molecule has 1 fully saturated rings. The molecule has 23 heavy (non-hydrogen) atoms. The highest BCUT2D eigenvalue weighted by atomic mass is 35.5. The number of amides is 1. The highest BCUT2D eigenvalue weighted by Gasteiger charge is 2.26. The predicted octanol–water partition coefficient (Wildman–Crippen LogP) is 3.13. The third-order valence-corrected chi connectivity index (χ3v) is 4.76. The van der Waals surface area contributed by atoms with E-state index >= 15 is 0 Å². The van der Waals surface area contributed by atoms with Crippen molar-refractivity contribution in [2.75, 3.05) is 13.3 Å². The van der Waals surface area contributed by atoms with Gasteiger partial charge in [0.2, 0.25) is 6.79 Å². The summed E-state index contributed by atoms with van der Waals surface area (Å²) in [5.41, 5.74) is 6.34. The second-order valence-electron chi connectivity index (χ2n) is 5.91. The first kappa shape index (κ1) is 18.2. The Morgan fingerprint density at radius 1 is 1.30 bits per heavy atom. The third-order valence-electron chi connectivity index (χ3n) is 4.48. The van der Waals surface area contributed by atoms with Gasteiger partial charge in [0.25, 0.3) is 5.91 Å². The van der Waals surface area contributed by atoms with Crippen LogP contribution in [0.25, 0.3) is 0 Å². The smallest absolute Gasteiger partial charge is 0.251 e. The average Bonchev–Trinajstić information content (AvgIpc) is 3.02. The normalized spacial score (nSPS) is 18.2. The fraction of sp³-hybridized carbons (Fsp3) is 0.562. The molecule has 0 bridgehead atoms. The van der Waals surface area contributed by atoms with Gasteiger partial charge in [0.15, 0.2) is 11.5 Å². The number of hydrogen-bond donors (Lipinski definition) is 2. The monoisotopic (exact) mass is 360 g/mol. The van der Waals surface area contributed by atoms with Crippen LogP contribution in [0.15, 0.2) is 12.1 Å². The predicted molar refractivity (Wildman–Crippen MR) is 91.7 cm³/mol. The molecule has 1 aromatic carbocycles. The van der Waals surface area contributed by atoms with E-state index in [1.54, 1.807) is 12.1 Å². The summed E-state index contributed by atoms with van der Waals surface area (Å²) in [7, 11) is 0. The third kappa shape index (κ3) is 4.03. The maximum atomic E-state index is 12.5. The van der Waals surface area contributed by atoms with Crippen LogP contribution in [-0.4, -0.2) is 25.3 Å². The lowest BCUT2D eigenvalue weighted by Crippen LogP contribution is -2.45. The van der Waals surface area contributed by atoms with Gasteiger partial charge >= 0.3 is 0 Å². The van der Waals surface area contributed by atoms with Crippen molar-refractivity contribution in [3.63, 3.8) is 0 Å². The van der Waals surface area contributed by atoms with Crippen molar-refractivity contribution >= 4 is 29.9 Å². The van der Waals surface area contributed by atoms with E-state index in [2.05, 4.69) is 5.32 Å². The summed E-state index contributed by atoms with van der Waals surface area (Å²) < 4.78 is 10.6. The number of hydrogen-bond acceptors (Lipinski definition) is 4. The van der Waals surface area contributed by atoms with Crippen molar-refractivity contribution in [2.24, 2.45) is 11.7 Å². The van der Waals surface area contributed by atoms with Gasteiger partial charge in [0, 0.05) is 18.2 Å². The van der Waals surface area contributed by atoms with Crippen LogP contribution in [0.2, 0.25) is 5.02 Å². The molecule has 1 heterocycles. The molecule has 2 aliphatic rings. The number of ether oxygens (including phenoxy) is 2. The van der Waals surface area contributed by atoms with Crippen LogP contribution in [0, 0.1) is 5.92 Å². The van der Waals surface area contributed by atoms with Crippen LogP contribution in [0.1, 0.15) is 42.5 Å². The lowest BCUT2D eigenvalue weighted by atomic mass is 9.84. The molecular weight excluding hydrogens is 339 g/mol. The minimum Gasteiger partial charge on any atom is -0.454 e. The fourth-order valence-electron chi connectivity index (χ4n) is 3.26. The van der Waals surface area contributed by atoms with Crippen molar-refractivity contribution in [3.8, 4) is 11.5 Å². The van der Waals surface area contributed by atoms with E-state index < -0.39 is 0 Å². The van der Waals surface area contributed by atoms with E-state index in [0.29, 0.717) is 34.5 Å². The molecule has 1 aliphatic heterocycles. The Morgan fingerprint density at radius 3 is 2.74 bits per heavy atom. The average molecular weight is 361 g/mol. The van der Waals surface area contributed by atoms with Gasteiger partial charge in [-0.2, -0.15) is 0 Å². The Balaban J connectivity index is 0.00000192. The minimum absolute atomic E-state index is 0. The van der Waals surface area contributed by atoms with E-state index in [1.165, 1.54) is 19.3 Å². The first-order chi connectivity index (χ1) is 10.7. The number of nitrogens with two attached hydrogens (primary N) is 1. The second-order valence-corrected chi connectivity index (χ2v) is 6.31. The SMILES string of the molecule is Cl.NCC(NC(=O)c1cc(Cl)c2c(c1)OCO2)C1CCCCC1. The zero-order valence-corrected chi connectivity index (χ0v) is 14.4. The van der Waals surface area contributed by atoms with Gasteiger partial charge in [-0.25, -0.2) is 0 Å². The van der Waals surface area contributed by atoms with Crippen LogP contribution in [0.5, 0.6) is 11.5 Å². The maximum Gasteiger partial charge on any atom is 0.251 e. The number of carbonyl (C=O) groups excluding carboxylic acids is 1. The van der Waals surface area contributed by atoms with Crippen molar-refractivity contribution < 1.29 is 14.3 Å². The molecular formula is C16H22Cl2N2O3. The number of benzene rings is 1. The van der Waals surface area contributed by atoms with Gasteiger partial charge in [-0.1, -0.05) is 30.9 Å². The molecule has 5 nitrogen and oxygen atoms in total. The van der Waals surface area contributed by atoms with Crippen LogP contribution in [-0.2, 0) is 0 Å². The largest absolute Gasteiger partial charge is 0.454 e. The summed E-state index contributed by atoms with van der Waals surface area (Å²) in [6.07, 6.45) is 5.97. The van der Waals surface area contributed by atoms with Crippen LogP contribution < -0.4 is 20.5 Å². The van der Waals surface area contributed by atoms with Crippen molar-refractivity contribution in [1.82, 2.24) is 5.32 Å². The molecule has 1 saturated carbocycles. The lowest BCUT2D eigenvalue weighted by Gasteiger charge is -2.30. The summed E-state index contributed by atoms with van der Waals surface area (Å²) in [5, 5.41) is 3.44. The molecule has 128 valence electrons. The van der Waals surface area contributed by atoms with Crippen LogP contribution in [0.3, 0.4) is 0 Å². The summed E-state index contributed by atoms with van der Waals surface area (Å²) in [4.78, 5) is 12.5. The van der Waals surface area contributed by atoms with Gasteiger partial charge in [0.1, 0.15) is 0 Å². The Labute approximate surface area is 147 Å². The number of fused-ring (bicyclic) bond motifs is 1. The summed E-state index contributed by atoms with van der Waals surface area (Å²) >= 11 is 6.13. The highest BCUT2D eigenvalue weighted by Crippen LogP contribution is 2.39. The molecule has 7 heteroatoms. The van der Waals surface area contributed by atoms with Gasteiger partial charge in [0.05, 0.1) is 5.02 Å². The van der Waals surface area contributed by atoms with Crippen molar-refractivity contribution in [2.45, 2.75) is 38.1 Å². The molecule has 3 N–H and O–H groups in total. The molecule has 0 radical (unpaired) electrons. The van der Waals surface area contributed by atoms with Crippen molar-refractivity contribution in [3.05, 3.63) is 22.7 Å². The Kier molecular flexibility index (Phi) is 6.39. The van der Waals surface area contributed by atoms with E-state index in [-0.39, 0.29) is 31.1 Å². The molecule has 0 aromatic heterocycles. The molecule has 1 atom stereocenters. The van der Waals surface area contributed by atoms with E-state index in [9.17, 15) is 4.79 Å². The lowest BCUT2D eigenvalue weighted by molar-refractivity contribution is 0.0915. The number of rotatable bonds is 4. The standard InChI is InChI=1S/C16H21ClN2O3.ClH/c17-12-6-11(7-14-15(12)22-9-21-14)16(20)19-13(8-18)10-4-2-1-3-5-10;/h6-7,10,13H,1-5,8-9,18H2,(H,19,20);1H. The fourth-order valence-corrected chi connectivity index (χ4v) is 3.52. The van der Waals surface area contributed by atoms with E-state index in [0.717, 1.165) is 12.8 Å². The highest BCUT2D eigenvalue weighted by molar-refractivity contribution is 6.32.